The number of rotatable bonds is 5. The van der Waals surface area contributed by atoms with Gasteiger partial charge in [-0.3, -0.25) is 14.4 Å². The summed E-state index contributed by atoms with van der Waals surface area (Å²) >= 11 is 0. The Morgan fingerprint density at radius 2 is 1.57 bits per heavy atom. The maximum Gasteiger partial charge on any atom is 0.308 e. The van der Waals surface area contributed by atoms with E-state index in [0.29, 0.717) is 0 Å². The summed E-state index contributed by atoms with van der Waals surface area (Å²) in [6.45, 7) is 4.36. The molecule has 0 heterocycles. The van der Waals surface area contributed by atoms with E-state index in [2.05, 4.69) is 4.74 Å². The zero-order chi connectivity index (χ0) is 11.3. The van der Waals surface area contributed by atoms with Gasteiger partial charge in [0, 0.05) is 0 Å². The lowest BCUT2D eigenvalue weighted by Gasteiger charge is -2.14. The topological polar surface area (TPSA) is 60.4 Å². The molecule has 0 spiro atoms. The van der Waals surface area contributed by atoms with Crippen LogP contribution < -0.4 is 0 Å². The number of ether oxygens (including phenoxy) is 1. The quantitative estimate of drug-likeness (QED) is 0.490. The molecule has 0 aromatic carbocycles. The van der Waals surface area contributed by atoms with Gasteiger partial charge in [-0.2, -0.15) is 0 Å². The fraction of sp³-hybridized carbons (Fsp3) is 0.700. The maximum atomic E-state index is 11.1. The summed E-state index contributed by atoms with van der Waals surface area (Å²) < 4.78 is 4.51. The van der Waals surface area contributed by atoms with Crippen LogP contribution in [0.2, 0.25) is 0 Å². The van der Waals surface area contributed by atoms with Crippen LogP contribution in [0.3, 0.4) is 0 Å². The van der Waals surface area contributed by atoms with Crippen LogP contribution in [0.4, 0.5) is 0 Å². The molecule has 4 nitrogen and oxygen atoms in total. The fourth-order valence-corrected chi connectivity index (χ4v) is 1.27. The third-order valence-electron chi connectivity index (χ3n) is 2.17. The van der Waals surface area contributed by atoms with E-state index in [-0.39, 0.29) is 18.0 Å². The van der Waals surface area contributed by atoms with Crippen molar-refractivity contribution < 1.29 is 19.1 Å². The molecule has 1 atom stereocenters. The minimum atomic E-state index is -0.677. The van der Waals surface area contributed by atoms with Gasteiger partial charge >= 0.3 is 5.97 Å². The van der Waals surface area contributed by atoms with Crippen LogP contribution in [-0.4, -0.2) is 24.6 Å². The fourth-order valence-electron chi connectivity index (χ4n) is 1.27. The Balaban J connectivity index is 4.38. The highest BCUT2D eigenvalue weighted by atomic mass is 16.5. The molecule has 4 heteroatoms. The van der Waals surface area contributed by atoms with Gasteiger partial charge < -0.3 is 4.74 Å². The van der Waals surface area contributed by atoms with Crippen molar-refractivity contribution in [3.8, 4) is 0 Å². The van der Waals surface area contributed by atoms with Gasteiger partial charge in [0.25, 0.3) is 0 Å². The van der Waals surface area contributed by atoms with Crippen molar-refractivity contribution in [2.75, 3.05) is 7.11 Å². The zero-order valence-corrected chi connectivity index (χ0v) is 8.99. The molecule has 0 bridgehead atoms. The minimum absolute atomic E-state index is 0.201. The van der Waals surface area contributed by atoms with E-state index in [9.17, 15) is 14.4 Å². The predicted octanol–water partition coefficient (Wildman–Crippen LogP) is 0.980. The first-order valence-electron chi connectivity index (χ1n) is 4.48. The number of esters is 1. The molecule has 0 saturated carbocycles. The number of ketones is 2. The summed E-state index contributed by atoms with van der Waals surface area (Å²) in [4.78, 5) is 33.2. The lowest BCUT2D eigenvalue weighted by atomic mass is 9.90. The number of methoxy groups -OCH3 is 1. The van der Waals surface area contributed by atoms with Crippen LogP contribution in [-0.2, 0) is 19.1 Å². The molecule has 0 aromatic rings. The second-order valence-corrected chi connectivity index (χ2v) is 3.43. The summed E-state index contributed by atoms with van der Waals surface area (Å²) in [5, 5.41) is 0. The van der Waals surface area contributed by atoms with Gasteiger partial charge in [0.1, 0.15) is 11.6 Å². The number of hydrogen-bond acceptors (Lipinski definition) is 4. The van der Waals surface area contributed by atoms with Crippen LogP contribution >= 0.6 is 0 Å². The Labute approximate surface area is 83.6 Å². The van der Waals surface area contributed by atoms with Crippen molar-refractivity contribution in [1.82, 2.24) is 0 Å². The second kappa shape index (κ2) is 5.52. The van der Waals surface area contributed by atoms with Crippen molar-refractivity contribution in [3.05, 3.63) is 0 Å². The first-order chi connectivity index (χ1) is 6.40. The third kappa shape index (κ3) is 3.68. The molecule has 0 N–H and O–H groups in total. The predicted molar refractivity (Wildman–Crippen MR) is 50.6 cm³/mol. The maximum absolute atomic E-state index is 11.1. The molecule has 0 fully saturated rings. The highest BCUT2D eigenvalue weighted by molar-refractivity contribution is 6.00. The van der Waals surface area contributed by atoms with E-state index in [4.69, 9.17) is 0 Å². The molecule has 14 heavy (non-hydrogen) atoms. The summed E-state index contributed by atoms with van der Waals surface area (Å²) in [5.74, 6) is -1.89. The molecular formula is C10H16O4. The van der Waals surface area contributed by atoms with Crippen molar-refractivity contribution in [2.24, 2.45) is 11.8 Å². The van der Waals surface area contributed by atoms with E-state index < -0.39 is 17.8 Å². The number of Topliss-reactive ketones (excluding diaryl/α,β-unsaturated/α-hetero) is 2. The van der Waals surface area contributed by atoms with Gasteiger partial charge in [0.15, 0.2) is 0 Å². The number of carbonyl (C=O) groups is 3. The molecule has 0 rings (SSSR count). The third-order valence-corrected chi connectivity index (χ3v) is 2.17. The van der Waals surface area contributed by atoms with Gasteiger partial charge in [-0.1, -0.05) is 6.92 Å². The molecule has 80 valence electrons. The normalized spacial score (nSPS) is 12.4. The largest absolute Gasteiger partial charge is 0.469 e. The lowest BCUT2D eigenvalue weighted by Crippen LogP contribution is -2.25. The van der Waals surface area contributed by atoms with Gasteiger partial charge in [-0.05, 0) is 20.3 Å². The summed E-state index contributed by atoms with van der Waals surface area (Å²) in [6.07, 6.45) is 0.233. The standard InChI is InChI=1S/C10H16O4/c1-6(10(13)14-4)5-9(7(2)11)8(3)12/h6,9H,5H2,1-4H3/t6-/m0/s1. The minimum Gasteiger partial charge on any atom is -0.469 e. The van der Waals surface area contributed by atoms with E-state index in [1.165, 1.54) is 21.0 Å². The highest BCUT2D eigenvalue weighted by Gasteiger charge is 2.25. The molecule has 0 aromatic heterocycles. The van der Waals surface area contributed by atoms with Crippen LogP contribution in [0.25, 0.3) is 0 Å². The monoisotopic (exact) mass is 200 g/mol. The first kappa shape index (κ1) is 12.8. The van der Waals surface area contributed by atoms with Crippen LogP contribution in [0.15, 0.2) is 0 Å². The van der Waals surface area contributed by atoms with E-state index >= 15 is 0 Å². The van der Waals surface area contributed by atoms with E-state index in [1.807, 2.05) is 0 Å². The molecule has 0 aliphatic heterocycles. The van der Waals surface area contributed by atoms with Crippen LogP contribution in [0.1, 0.15) is 27.2 Å². The number of hydrogen-bond donors (Lipinski definition) is 0. The van der Waals surface area contributed by atoms with Crippen LogP contribution in [0.5, 0.6) is 0 Å². The highest BCUT2D eigenvalue weighted by Crippen LogP contribution is 2.15. The second-order valence-electron chi connectivity index (χ2n) is 3.43. The van der Waals surface area contributed by atoms with Gasteiger partial charge in [-0.15, -0.1) is 0 Å². The Morgan fingerprint density at radius 3 is 1.86 bits per heavy atom. The van der Waals surface area contributed by atoms with Crippen LogP contribution in [0, 0.1) is 11.8 Å². The van der Waals surface area contributed by atoms with E-state index in [1.54, 1.807) is 6.92 Å². The van der Waals surface area contributed by atoms with Crippen molar-refractivity contribution in [2.45, 2.75) is 27.2 Å². The van der Waals surface area contributed by atoms with Crippen molar-refractivity contribution in [3.63, 3.8) is 0 Å². The molecule has 0 aliphatic rings. The smallest absolute Gasteiger partial charge is 0.308 e. The molecule has 0 amide bonds. The lowest BCUT2D eigenvalue weighted by molar-refractivity contribution is -0.145. The molecule has 0 radical (unpaired) electrons. The Bertz CT molecular complexity index is 231. The number of carbonyl (C=O) groups excluding carboxylic acids is 3. The van der Waals surface area contributed by atoms with Gasteiger partial charge in [0.2, 0.25) is 0 Å². The molecule has 0 saturated heterocycles. The zero-order valence-electron chi connectivity index (χ0n) is 8.99. The summed E-state index contributed by atoms with van der Waals surface area (Å²) in [6, 6.07) is 0. The van der Waals surface area contributed by atoms with E-state index in [0.717, 1.165) is 0 Å². The Kier molecular flexibility index (Phi) is 5.05. The molecular weight excluding hydrogens is 184 g/mol. The first-order valence-corrected chi connectivity index (χ1v) is 4.48. The van der Waals surface area contributed by atoms with Crippen molar-refractivity contribution in [1.29, 1.82) is 0 Å². The Morgan fingerprint density at radius 1 is 1.14 bits per heavy atom. The molecule has 0 aliphatic carbocycles. The Hall–Kier alpha value is -1.19. The van der Waals surface area contributed by atoms with Gasteiger partial charge in [-0.25, -0.2) is 0 Å². The summed E-state index contributed by atoms with van der Waals surface area (Å²) in [7, 11) is 1.29. The summed E-state index contributed by atoms with van der Waals surface area (Å²) in [5.41, 5.74) is 0. The average molecular weight is 200 g/mol. The average Bonchev–Trinajstić information content (AvgIpc) is 2.11. The van der Waals surface area contributed by atoms with Gasteiger partial charge in [0.05, 0.1) is 18.9 Å². The SMILES string of the molecule is COC(=O)[C@@H](C)CC(C(C)=O)C(C)=O. The molecule has 0 unspecified atom stereocenters. The van der Waals surface area contributed by atoms with Crippen molar-refractivity contribution >= 4 is 17.5 Å².